The Kier molecular flexibility index (Phi) is 5.61. The maximum Gasteiger partial charge on any atom is 0.270 e. The Morgan fingerprint density at radius 3 is 2.26 bits per heavy atom. The smallest absolute Gasteiger partial charge is 0.270 e. The highest BCUT2D eigenvalue weighted by atomic mass is 35.5. The molecule has 0 aliphatic carbocycles. The van der Waals surface area contributed by atoms with E-state index in [1.165, 1.54) is 24.4 Å². The summed E-state index contributed by atoms with van der Waals surface area (Å²) in [5.74, 6) is 0.614. The SMILES string of the molecule is N#Cc1c(N=Cc2cc([N+](=O)[O-])ccc2Cl)oc(-c2ccccc2)c1-c1ccccc1. The first-order valence-electron chi connectivity index (χ1n) is 9.24. The van der Waals surface area contributed by atoms with Crippen LogP contribution < -0.4 is 0 Å². The van der Waals surface area contributed by atoms with Crippen LogP contribution in [0.15, 0.2) is 88.3 Å². The lowest BCUT2D eigenvalue weighted by molar-refractivity contribution is -0.384. The molecule has 6 nitrogen and oxygen atoms in total. The first-order valence-corrected chi connectivity index (χ1v) is 9.62. The Morgan fingerprint density at radius 1 is 1.00 bits per heavy atom. The topological polar surface area (TPSA) is 92.4 Å². The number of hydrogen-bond acceptors (Lipinski definition) is 5. The average Bonchev–Trinajstić information content (AvgIpc) is 3.18. The molecule has 4 aromatic rings. The Labute approximate surface area is 182 Å². The second-order valence-electron chi connectivity index (χ2n) is 6.55. The third-order valence-corrected chi connectivity index (χ3v) is 4.96. The van der Waals surface area contributed by atoms with Crippen LogP contribution >= 0.6 is 11.6 Å². The molecule has 31 heavy (non-hydrogen) atoms. The lowest BCUT2D eigenvalue weighted by Crippen LogP contribution is -1.90. The van der Waals surface area contributed by atoms with E-state index < -0.39 is 4.92 Å². The number of nitrogens with zero attached hydrogens (tertiary/aromatic N) is 3. The molecule has 0 atom stereocenters. The van der Waals surface area contributed by atoms with Crippen LogP contribution in [0.1, 0.15) is 11.1 Å². The predicted octanol–water partition coefficient (Wildman–Crippen LogP) is 6.80. The van der Waals surface area contributed by atoms with Crippen LogP contribution in [0.3, 0.4) is 0 Å². The Balaban J connectivity index is 1.87. The maximum absolute atomic E-state index is 11.1. The van der Waals surface area contributed by atoms with Gasteiger partial charge in [0, 0.05) is 40.1 Å². The summed E-state index contributed by atoms with van der Waals surface area (Å²) < 4.78 is 6.02. The van der Waals surface area contributed by atoms with Gasteiger partial charge in [-0.15, -0.1) is 0 Å². The van der Waals surface area contributed by atoms with Crippen LogP contribution in [0.5, 0.6) is 0 Å². The molecule has 1 heterocycles. The summed E-state index contributed by atoms with van der Waals surface area (Å²) in [4.78, 5) is 14.9. The zero-order valence-corrected chi connectivity index (χ0v) is 16.8. The number of aliphatic imine (C=N–C) groups is 1. The van der Waals surface area contributed by atoms with Gasteiger partial charge in [-0.25, -0.2) is 4.99 Å². The van der Waals surface area contributed by atoms with Crippen molar-refractivity contribution in [3.05, 3.63) is 105 Å². The minimum atomic E-state index is -0.512. The van der Waals surface area contributed by atoms with Crippen LogP contribution in [0, 0.1) is 21.4 Å². The van der Waals surface area contributed by atoms with Gasteiger partial charge in [0.15, 0.2) is 0 Å². The van der Waals surface area contributed by atoms with Crippen molar-refractivity contribution in [3.8, 4) is 28.5 Å². The molecule has 0 amide bonds. The zero-order chi connectivity index (χ0) is 21.8. The number of nitro groups is 1. The molecule has 0 fully saturated rings. The van der Waals surface area contributed by atoms with Crippen molar-refractivity contribution < 1.29 is 9.34 Å². The molecule has 0 unspecified atom stereocenters. The molecule has 7 heteroatoms. The summed E-state index contributed by atoms with van der Waals surface area (Å²) >= 11 is 6.16. The minimum Gasteiger partial charge on any atom is -0.436 e. The van der Waals surface area contributed by atoms with Crippen LogP contribution in [-0.2, 0) is 0 Å². The van der Waals surface area contributed by atoms with Crippen LogP contribution in [0.25, 0.3) is 22.5 Å². The first kappa shape index (κ1) is 20.1. The summed E-state index contributed by atoms with van der Waals surface area (Å²) in [5, 5.41) is 21.2. The third kappa shape index (κ3) is 4.08. The van der Waals surface area contributed by atoms with Crippen molar-refractivity contribution in [2.75, 3.05) is 0 Å². The predicted molar refractivity (Wildman–Crippen MR) is 120 cm³/mol. The van der Waals surface area contributed by atoms with Gasteiger partial charge in [0.2, 0.25) is 5.88 Å². The van der Waals surface area contributed by atoms with Gasteiger partial charge in [0.1, 0.15) is 17.4 Å². The molecule has 0 radical (unpaired) electrons. The summed E-state index contributed by atoms with van der Waals surface area (Å²) in [7, 11) is 0. The Bertz CT molecular complexity index is 1320. The molecule has 0 spiro atoms. The summed E-state index contributed by atoms with van der Waals surface area (Å²) in [6.45, 7) is 0. The lowest BCUT2D eigenvalue weighted by Gasteiger charge is -2.03. The second kappa shape index (κ2) is 8.66. The van der Waals surface area contributed by atoms with Crippen LogP contribution in [-0.4, -0.2) is 11.1 Å². The quantitative estimate of drug-likeness (QED) is 0.199. The maximum atomic E-state index is 11.1. The number of nitro benzene ring substituents is 1. The normalized spacial score (nSPS) is 10.8. The van der Waals surface area contributed by atoms with Crippen molar-refractivity contribution in [2.45, 2.75) is 0 Å². The van der Waals surface area contributed by atoms with E-state index in [9.17, 15) is 15.4 Å². The van der Waals surface area contributed by atoms with Gasteiger partial charge in [-0.1, -0.05) is 72.3 Å². The molecule has 4 rings (SSSR count). The van der Waals surface area contributed by atoms with Gasteiger partial charge in [-0.05, 0) is 11.6 Å². The number of nitriles is 1. The number of hydrogen-bond donors (Lipinski definition) is 0. The third-order valence-electron chi connectivity index (χ3n) is 4.61. The molecule has 0 aliphatic rings. The fourth-order valence-electron chi connectivity index (χ4n) is 3.16. The van der Waals surface area contributed by atoms with Gasteiger partial charge in [-0.2, -0.15) is 5.26 Å². The lowest BCUT2D eigenvalue weighted by atomic mass is 9.98. The fraction of sp³-hybridized carbons (Fsp3) is 0. The monoisotopic (exact) mass is 427 g/mol. The van der Waals surface area contributed by atoms with Crippen molar-refractivity contribution in [1.29, 1.82) is 5.26 Å². The van der Waals surface area contributed by atoms with Gasteiger partial charge in [-0.3, -0.25) is 10.1 Å². The van der Waals surface area contributed by atoms with E-state index in [4.69, 9.17) is 16.0 Å². The van der Waals surface area contributed by atoms with E-state index in [1.54, 1.807) is 0 Å². The van der Waals surface area contributed by atoms with Gasteiger partial charge < -0.3 is 4.42 Å². The van der Waals surface area contributed by atoms with E-state index in [0.29, 0.717) is 21.9 Å². The van der Waals surface area contributed by atoms with E-state index >= 15 is 0 Å². The molecule has 0 saturated carbocycles. The molecule has 0 aliphatic heterocycles. The summed E-state index contributed by atoms with van der Waals surface area (Å²) in [5.41, 5.74) is 2.75. The molecule has 1 aromatic heterocycles. The van der Waals surface area contributed by atoms with E-state index in [-0.39, 0.29) is 17.1 Å². The van der Waals surface area contributed by atoms with Gasteiger partial charge in [0.25, 0.3) is 5.69 Å². The minimum absolute atomic E-state index is 0.0998. The Morgan fingerprint density at radius 2 is 1.65 bits per heavy atom. The van der Waals surface area contributed by atoms with E-state index in [1.807, 2.05) is 60.7 Å². The standard InChI is InChI=1S/C24H14ClN3O3/c25-21-12-11-19(28(29)30)13-18(21)15-27-24-20(14-26)22(16-7-3-1-4-8-16)23(31-24)17-9-5-2-6-10-17/h1-13,15H. The van der Waals surface area contributed by atoms with Crippen molar-refractivity contribution >= 4 is 29.4 Å². The number of furan rings is 1. The fourth-order valence-corrected chi connectivity index (χ4v) is 3.33. The van der Waals surface area contributed by atoms with Crippen LogP contribution in [0.4, 0.5) is 11.6 Å². The van der Waals surface area contributed by atoms with Gasteiger partial charge in [0.05, 0.1) is 4.92 Å². The highest BCUT2D eigenvalue weighted by Gasteiger charge is 2.22. The molecule has 0 N–H and O–H groups in total. The molecule has 0 bridgehead atoms. The van der Waals surface area contributed by atoms with Crippen molar-refractivity contribution in [2.24, 2.45) is 4.99 Å². The largest absolute Gasteiger partial charge is 0.436 e. The van der Waals surface area contributed by atoms with Crippen LogP contribution in [0.2, 0.25) is 5.02 Å². The molecular weight excluding hydrogens is 414 g/mol. The van der Waals surface area contributed by atoms with Crippen molar-refractivity contribution in [1.82, 2.24) is 0 Å². The molecule has 0 saturated heterocycles. The number of benzene rings is 3. The summed E-state index contributed by atoms with van der Waals surface area (Å²) in [6.07, 6.45) is 1.36. The van der Waals surface area contributed by atoms with Crippen molar-refractivity contribution in [3.63, 3.8) is 0 Å². The Hall–Kier alpha value is -4.21. The average molecular weight is 428 g/mol. The number of rotatable bonds is 5. The second-order valence-corrected chi connectivity index (χ2v) is 6.96. The highest BCUT2D eigenvalue weighted by molar-refractivity contribution is 6.33. The zero-order valence-electron chi connectivity index (χ0n) is 16.0. The van der Waals surface area contributed by atoms with E-state index in [0.717, 1.165) is 11.1 Å². The molecule has 150 valence electrons. The van der Waals surface area contributed by atoms with E-state index in [2.05, 4.69) is 11.1 Å². The molecule has 3 aromatic carbocycles. The highest BCUT2D eigenvalue weighted by Crippen LogP contribution is 2.42. The van der Waals surface area contributed by atoms with Gasteiger partial charge >= 0.3 is 0 Å². The molecular formula is C24H14ClN3O3. The number of halogens is 1. The summed E-state index contributed by atoms with van der Waals surface area (Å²) in [6, 6.07) is 25.1. The first-order chi connectivity index (χ1) is 15.1. The number of non-ortho nitro benzene ring substituents is 1.